The summed E-state index contributed by atoms with van der Waals surface area (Å²) in [5.41, 5.74) is 3.80. The van der Waals surface area contributed by atoms with Crippen molar-refractivity contribution in [1.82, 2.24) is 10.2 Å². The van der Waals surface area contributed by atoms with E-state index in [4.69, 9.17) is 18.2 Å². The third kappa shape index (κ3) is 2.50. The summed E-state index contributed by atoms with van der Waals surface area (Å²) < 4.78 is 0. The quantitative estimate of drug-likeness (QED) is 0.727. The van der Waals surface area contributed by atoms with Gasteiger partial charge < -0.3 is 5.32 Å². The monoisotopic (exact) mass is 338 g/mol. The van der Waals surface area contributed by atoms with Crippen LogP contribution in [-0.4, -0.2) is 10.2 Å². The lowest BCUT2D eigenvalue weighted by Crippen LogP contribution is -2.24. The molecule has 4 rings (SSSR count). The van der Waals surface area contributed by atoms with Crippen LogP contribution in [0.4, 0.5) is 5.82 Å². The number of aromatic nitrogens is 2. The number of fused-ring (bicyclic) bond motifs is 1. The number of nitrogens with zero attached hydrogens (tertiary/aromatic N) is 2. The minimum Gasteiger partial charge on any atom is -0.354 e. The minimum absolute atomic E-state index is 0.150. The maximum absolute atomic E-state index is 7.84. The van der Waals surface area contributed by atoms with Crippen LogP contribution >= 0.6 is 11.6 Å². The first kappa shape index (κ1) is 15.3. The molecule has 0 amide bonds. The van der Waals surface area contributed by atoms with Crippen molar-refractivity contribution in [2.45, 2.75) is 38.0 Å². The molecular formula is C19H19ClN4. The molecule has 2 N–H and O–H groups in total. The van der Waals surface area contributed by atoms with E-state index in [1.165, 1.54) is 19.3 Å². The topological polar surface area (TPSA) is 45.1 Å². The van der Waals surface area contributed by atoms with E-state index in [1.54, 1.807) is 6.20 Å². The second kappa shape index (κ2) is 6.33. The highest BCUT2D eigenvalue weighted by Crippen LogP contribution is 2.46. The summed E-state index contributed by atoms with van der Waals surface area (Å²) >= 11 is 6.47. The molecule has 1 aliphatic carbocycles. The van der Waals surface area contributed by atoms with Crippen molar-refractivity contribution in [1.29, 1.82) is 0 Å². The first-order chi connectivity index (χ1) is 11.8. The fourth-order valence-electron chi connectivity index (χ4n) is 3.97. The summed E-state index contributed by atoms with van der Waals surface area (Å²) in [5, 5.41) is 11.4. The van der Waals surface area contributed by atoms with E-state index >= 15 is 0 Å². The van der Waals surface area contributed by atoms with Crippen LogP contribution in [0.15, 0.2) is 41.9 Å². The average Bonchev–Trinajstić information content (AvgIpc) is 3.10. The second-order valence-electron chi connectivity index (χ2n) is 6.53. The van der Waals surface area contributed by atoms with Gasteiger partial charge in [-0.15, -0.1) is 0 Å². The fraction of sp³-hybridized carbons (Fsp3) is 0.368. The second-order valence-corrected chi connectivity index (χ2v) is 6.93. The third-order valence-corrected chi connectivity index (χ3v) is 5.48. The summed E-state index contributed by atoms with van der Waals surface area (Å²) in [6, 6.07) is 7.80. The zero-order chi connectivity index (χ0) is 16.5. The SMILES string of the molecule is [C-]#[N+]C1=C(C2CCCCC2)Nc2[nH]ncc2C1c1ccccc1Cl. The number of halogens is 1. The summed E-state index contributed by atoms with van der Waals surface area (Å²) in [7, 11) is 0. The van der Waals surface area contributed by atoms with Gasteiger partial charge in [0.05, 0.1) is 18.7 Å². The highest BCUT2D eigenvalue weighted by Gasteiger charge is 2.35. The molecule has 0 spiro atoms. The van der Waals surface area contributed by atoms with E-state index in [0.29, 0.717) is 10.9 Å². The van der Waals surface area contributed by atoms with Crippen LogP contribution in [0.25, 0.3) is 4.85 Å². The van der Waals surface area contributed by atoms with Crippen molar-refractivity contribution >= 4 is 17.4 Å². The normalized spacial score (nSPS) is 21.1. The zero-order valence-corrected chi connectivity index (χ0v) is 14.1. The number of allylic oxidation sites excluding steroid dienone is 2. The van der Waals surface area contributed by atoms with Gasteiger partial charge in [-0.3, -0.25) is 5.10 Å². The van der Waals surface area contributed by atoms with Crippen molar-refractivity contribution in [2.24, 2.45) is 5.92 Å². The molecule has 24 heavy (non-hydrogen) atoms. The van der Waals surface area contributed by atoms with E-state index in [1.807, 2.05) is 24.3 Å². The van der Waals surface area contributed by atoms with Crippen LogP contribution in [0.5, 0.6) is 0 Å². The molecule has 0 radical (unpaired) electrons. The molecule has 2 aromatic rings. The molecule has 5 heteroatoms. The van der Waals surface area contributed by atoms with E-state index < -0.39 is 0 Å². The van der Waals surface area contributed by atoms with Crippen molar-refractivity contribution in [3.05, 3.63) is 69.4 Å². The average molecular weight is 339 g/mol. The molecule has 1 aromatic heterocycles. The number of aromatic amines is 1. The lowest BCUT2D eigenvalue weighted by atomic mass is 9.80. The Morgan fingerprint density at radius 1 is 1.12 bits per heavy atom. The van der Waals surface area contributed by atoms with Crippen LogP contribution in [0.1, 0.15) is 49.1 Å². The molecule has 2 aliphatic rings. The maximum Gasteiger partial charge on any atom is 0.196 e. The molecule has 1 fully saturated rings. The van der Waals surface area contributed by atoms with E-state index in [-0.39, 0.29) is 5.92 Å². The molecule has 1 aromatic carbocycles. The smallest absolute Gasteiger partial charge is 0.196 e. The van der Waals surface area contributed by atoms with Crippen molar-refractivity contribution in [2.75, 3.05) is 5.32 Å². The Morgan fingerprint density at radius 3 is 2.67 bits per heavy atom. The van der Waals surface area contributed by atoms with E-state index in [0.717, 1.165) is 41.2 Å². The summed E-state index contributed by atoms with van der Waals surface area (Å²) in [6.07, 6.45) is 7.83. The number of anilines is 1. The Morgan fingerprint density at radius 2 is 1.92 bits per heavy atom. The molecule has 1 atom stereocenters. The van der Waals surface area contributed by atoms with Gasteiger partial charge >= 0.3 is 0 Å². The standard InChI is InChI=1S/C19H19ClN4/c1-21-18-16(13-9-5-6-10-15(13)20)14-11-22-24-19(14)23-17(18)12-7-3-2-4-8-12/h5-6,9-12,16H,2-4,7-8H2,(H2,22,23,24). The fourth-order valence-corrected chi connectivity index (χ4v) is 4.21. The molecule has 1 unspecified atom stereocenters. The van der Waals surface area contributed by atoms with Gasteiger partial charge in [0.15, 0.2) is 5.70 Å². The first-order valence-corrected chi connectivity index (χ1v) is 8.83. The van der Waals surface area contributed by atoms with Crippen LogP contribution in [-0.2, 0) is 0 Å². The van der Waals surface area contributed by atoms with E-state index in [2.05, 4.69) is 20.4 Å². The lowest BCUT2D eigenvalue weighted by molar-refractivity contribution is 0.401. The van der Waals surface area contributed by atoms with Gasteiger partial charge in [0.2, 0.25) is 0 Å². The lowest BCUT2D eigenvalue weighted by Gasteiger charge is -2.32. The van der Waals surface area contributed by atoms with Crippen molar-refractivity contribution < 1.29 is 0 Å². The van der Waals surface area contributed by atoms with Gasteiger partial charge in [0.1, 0.15) is 5.82 Å². The maximum atomic E-state index is 7.84. The van der Waals surface area contributed by atoms with Gasteiger partial charge in [-0.1, -0.05) is 49.1 Å². The molecule has 0 saturated heterocycles. The molecular weight excluding hydrogens is 320 g/mol. The number of benzene rings is 1. The van der Waals surface area contributed by atoms with Crippen LogP contribution < -0.4 is 5.32 Å². The van der Waals surface area contributed by atoms with Crippen molar-refractivity contribution in [3.63, 3.8) is 0 Å². The molecule has 122 valence electrons. The van der Waals surface area contributed by atoms with E-state index in [9.17, 15) is 0 Å². The third-order valence-electron chi connectivity index (χ3n) is 5.14. The Kier molecular flexibility index (Phi) is 4.03. The van der Waals surface area contributed by atoms with Gasteiger partial charge in [-0.25, -0.2) is 4.85 Å². The zero-order valence-electron chi connectivity index (χ0n) is 13.3. The Balaban J connectivity index is 1.87. The first-order valence-electron chi connectivity index (χ1n) is 8.46. The number of H-pyrrole nitrogens is 1. The summed E-state index contributed by atoms with van der Waals surface area (Å²) in [4.78, 5) is 3.95. The minimum atomic E-state index is -0.150. The molecule has 1 saturated carbocycles. The summed E-state index contributed by atoms with van der Waals surface area (Å²) in [5.74, 6) is 1.17. The van der Waals surface area contributed by atoms with Gasteiger partial charge in [-0.05, 0) is 30.4 Å². The number of nitrogens with one attached hydrogen (secondary N) is 2. The molecule has 4 nitrogen and oxygen atoms in total. The molecule has 2 heterocycles. The van der Waals surface area contributed by atoms with Crippen LogP contribution in [0, 0.1) is 12.5 Å². The van der Waals surface area contributed by atoms with Crippen LogP contribution in [0.3, 0.4) is 0 Å². The predicted octanol–water partition coefficient (Wildman–Crippen LogP) is 5.33. The van der Waals surface area contributed by atoms with Crippen molar-refractivity contribution in [3.8, 4) is 0 Å². The molecule has 0 bridgehead atoms. The predicted molar refractivity (Wildman–Crippen MR) is 95.7 cm³/mol. The number of hydrogen-bond donors (Lipinski definition) is 2. The summed E-state index contributed by atoms with van der Waals surface area (Å²) in [6.45, 7) is 7.84. The highest BCUT2D eigenvalue weighted by molar-refractivity contribution is 6.31. The number of hydrogen-bond acceptors (Lipinski definition) is 2. The largest absolute Gasteiger partial charge is 0.354 e. The Labute approximate surface area is 146 Å². The van der Waals surface area contributed by atoms with Gasteiger partial charge in [-0.2, -0.15) is 5.10 Å². The highest BCUT2D eigenvalue weighted by atomic mass is 35.5. The Hall–Kier alpha value is -2.25. The van der Waals surface area contributed by atoms with Gasteiger partial charge in [0.25, 0.3) is 0 Å². The Bertz CT molecular complexity index is 824. The number of rotatable bonds is 2. The molecule has 1 aliphatic heterocycles. The van der Waals surface area contributed by atoms with Gasteiger partial charge in [0, 0.05) is 16.3 Å². The van der Waals surface area contributed by atoms with Crippen LogP contribution in [0.2, 0.25) is 5.02 Å².